The van der Waals surface area contributed by atoms with E-state index in [0.717, 1.165) is 61.5 Å². The maximum Gasteiger partial charge on any atom is 0.402 e. The van der Waals surface area contributed by atoms with Gasteiger partial charge in [0, 0.05) is 22.5 Å². The van der Waals surface area contributed by atoms with Gasteiger partial charge in [0.1, 0.15) is 22.7 Å². The van der Waals surface area contributed by atoms with Crippen molar-refractivity contribution >= 4 is 38.4 Å². The first-order chi connectivity index (χ1) is 16.6. The van der Waals surface area contributed by atoms with Crippen molar-refractivity contribution < 1.29 is 30.9 Å². The number of aromatic amines is 1. The fourth-order valence-corrected chi connectivity index (χ4v) is 7.44. The summed E-state index contributed by atoms with van der Waals surface area (Å²) < 4.78 is 13.1. The molecule has 190 valence electrons. The van der Waals surface area contributed by atoms with Gasteiger partial charge in [0.25, 0.3) is 0 Å². The molecule has 0 saturated heterocycles. The number of aromatic nitrogens is 3. The van der Waals surface area contributed by atoms with Gasteiger partial charge >= 0.3 is 5.95 Å². The van der Waals surface area contributed by atoms with Gasteiger partial charge in [-0.2, -0.15) is 0 Å². The van der Waals surface area contributed by atoms with Crippen LogP contribution in [0.1, 0.15) is 55.8 Å². The van der Waals surface area contributed by atoms with Crippen LogP contribution in [0.15, 0.2) is 46.0 Å². The van der Waals surface area contributed by atoms with Crippen LogP contribution in [0, 0.1) is 13.8 Å². The number of pyridine rings is 1. The van der Waals surface area contributed by atoms with Crippen LogP contribution < -0.4 is 21.7 Å². The molecule has 36 heavy (non-hydrogen) atoms. The number of carbonyl (C=O) groups is 1. The molecule has 0 aliphatic heterocycles. The maximum absolute atomic E-state index is 13.1. The molecule has 0 radical (unpaired) electrons. The number of hydrogen-bond donors (Lipinski definition) is 1. The van der Waals surface area contributed by atoms with Crippen molar-refractivity contribution in [1.29, 1.82) is 0 Å². The number of imidazole rings is 1. The van der Waals surface area contributed by atoms with Crippen molar-refractivity contribution in [3.05, 3.63) is 64.9 Å². The second kappa shape index (κ2) is 9.47. The van der Waals surface area contributed by atoms with E-state index in [2.05, 4.69) is 28.6 Å². The van der Waals surface area contributed by atoms with E-state index in [9.17, 15) is 4.79 Å². The molecule has 9 heteroatoms. The molecule has 6 nitrogen and oxygen atoms in total. The Balaban J connectivity index is 0.00000304. The maximum atomic E-state index is 13.1. The molecule has 1 N–H and O–H groups in total. The summed E-state index contributed by atoms with van der Waals surface area (Å²) in [7, 11) is 5.14. The van der Waals surface area contributed by atoms with E-state index in [1.165, 1.54) is 0 Å². The molecule has 5 rings (SSSR count). The van der Waals surface area contributed by atoms with Gasteiger partial charge in [0.15, 0.2) is 11.3 Å². The summed E-state index contributed by atoms with van der Waals surface area (Å²) in [6.07, 6.45) is 3.72. The Hall–Kier alpha value is -2.42. The number of nitrogens with zero attached hydrogens (tertiary/aromatic N) is 2. The number of carbonyl (C=O) groups excluding carboxylic acids is 1. The molecule has 1 aromatic carbocycles. The second-order valence-electron chi connectivity index (χ2n) is 10.1. The number of fused-ring (bicyclic) bond motifs is 2. The lowest BCUT2D eigenvalue weighted by Gasteiger charge is -2.21. The third-order valence-electron chi connectivity index (χ3n) is 7.16. The van der Waals surface area contributed by atoms with Crippen LogP contribution in [0.2, 0.25) is 0 Å². The van der Waals surface area contributed by atoms with E-state index in [1.807, 2.05) is 52.9 Å². The molecule has 0 amide bonds. The van der Waals surface area contributed by atoms with Crippen LogP contribution in [0.3, 0.4) is 0 Å². The molecular weight excluding hydrogens is 514 g/mol. The third-order valence-corrected chi connectivity index (χ3v) is 9.52. The number of rotatable bonds is 6. The Morgan fingerprint density at radius 1 is 1.11 bits per heavy atom. The average Bonchev–Trinajstić information content (AvgIpc) is 3.46. The van der Waals surface area contributed by atoms with Crippen molar-refractivity contribution in [3.63, 3.8) is 0 Å². The van der Waals surface area contributed by atoms with Crippen LogP contribution in [0.25, 0.3) is 17.0 Å². The summed E-state index contributed by atoms with van der Waals surface area (Å²) in [5.74, 6) is 3.51. The lowest BCUT2D eigenvalue weighted by atomic mass is 9.80. The van der Waals surface area contributed by atoms with Crippen LogP contribution in [0.4, 0.5) is 0 Å². The number of ketones is 1. The Morgan fingerprint density at radius 3 is 2.44 bits per heavy atom. The lowest BCUT2D eigenvalue weighted by molar-refractivity contribution is -0.610. The molecule has 0 fully saturated rings. The number of nitrogens with one attached hydrogen (secondary N) is 1. The second-order valence-corrected chi connectivity index (χ2v) is 12.4. The molecule has 0 spiro atoms. The van der Waals surface area contributed by atoms with E-state index in [0.29, 0.717) is 0 Å². The van der Waals surface area contributed by atoms with Gasteiger partial charge in [-0.25, -0.2) is 9.55 Å². The van der Waals surface area contributed by atoms with Gasteiger partial charge in [0.2, 0.25) is 0 Å². The summed E-state index contributed by atoms with van der Waals surface area (Å²) in [6.45, 7) is 12.1. The molecule has 0 unspecified atom stereocenters. The minimum atomic E-state index is -0.528. The van der Waals surface area contributed by atoms with E-state index < -0.39 is 10.8 Å². The molecule has 0 saturated carbocycles. The van der Waals surface area contributed by atoms with Crippen molar-refractivity contribution in [2.45, 2.75) is 63.0 Å². The third kappa shape index (κ3) is 4.13. The highest BCUT2D eigenvalue weighted by atomic mass is 35.5. The van der Waals surface area contributed by atoms with Gasteiger partial charge in [-0.3, -0.25) is 4.79 Å². The van der Waals surface area contributed by atoms with Crippen molar-refractivity contribution in [2.75, 3.05) is 7.11 Å². The Labute approximate surface area is 225 Å². The quantitative estimate of drug-likeness (QED) is 0.297. The number of halogens is 1. The van der Waals surface area contributed by atoms with Crippen LogP contribution in [-0.2, 0) is 21.4 Å². The van der Waals surface area contributed by atoms with Crippen molar-refractivity contribution in [1.82, 2.24) is 9.97 Å². The van der Waals surface area contributed by atoms with E-state index in [1.54, 1.807) is 35.0 Å². The number of methoxy groups -OCH3 is 1. The minimum Gasteiger partial charge on any atom is -1.00 e. The first kappa shape index (κ1) is 26.6. The van der Waals surface area contributed by atoms with Gasteiger partial charge in [0.05, 0.1) is 30.2 Å². The predicted octanol–water partition coefficient (Wildman–Crippen LogP) is 3.14. The van der Waals surface area contributed by atoms with Crippen LogP contribution in [0.5, 0.6) is 5.75 Å². The standard InChI is InChI=1S/C27H30N3O3S2.ClH/c1-15-21(14-34-35-23-9-11-33-16(23)2)30(10-8-22(15)32-7)25-28-19-12-17-18(13-20(19)29-25)27(5,6)24(31)26(17,3)4;/h8-13H,14H2,1-7H3,(H,28,29);1H/q+1;/p-1. The smallest absolute Gasteiger partial charge is 0.402 e. The highest BCUT2D eigenvalue weighted by molar-refractivity contribution is 8.76. The number of furan rings is 1. The summed E-state index contributed by atoms with van der Waals surface area (Å²) >= 11 is 0. The lowest BCUT2D eigenvalue weighted by Crippen LogP contribution is -3.00. The first-order valence-corrected chi connectivity index (χ1v) is 13.9. The Bertz CT molecular complexity index is 1420. The Kier molecular flexibility index (Phi) is 7.01. The number of H-pyrrole nitrogens is 1. The van der Waals surface area contributed by atoms with Crippen molar-refractivity contribution in [2.24, 2.45) is 0 Å². The fraction of sp³-hybridized carbons (Fsp3) is 0.370. The summed E-state index contributed by atoms with van der Waals surface area (Å²) in [5.41, 5.74) is 5.06. The van der Waals surface area contributed by atoms with Crippen LogP contribution in [-0.4, -0.2) is 22.9 Å². The first-order valence-electron chi connectivity index (χ1n) is 11.6. The normalized spacial score (nSPS) is 15.7. The molecule has 0 bridgehead atoms. The molecule has 1 aliphatic rings. The number of Topliss-reactive ketones (excluding diaryl/α,β-unsaturated/α-hetero) is 1. The van der Waals surface area contributed by atoms with Gasteiger partial charge < -0.3 is 21.6 Å². The zero-order chi connectivity index (χ0) is 25.1. The minimum absolute atomic E-state index is 0. The van der Waals surface area contributed by atoms with Crippen molar-refractivity contribution in [3.8, 4) is 11.7 Å². The SMILES string of the molecule is COc1cc[n+](-c2nc3cc4c(cc3[nH]2)C(C)(C)C(=O)C4(C)C)c(CSSc2ccoc2C)c1C.[Cl-]. The van der Waals surface area contributed by atoms with Gasteiger partial charge in [-0.05, 0) is 70.9 Å². The molecule has 3 heterocycles. The highest BCUT2D eigenvalue weighted by Gasteiger charge is 2.50. The average molecular weight is 544 g/mol. The van der Waals surface area contributed by atoms with Gasteiger partial charge in [-0.15, -0.1) is 0 Å². The number of benzene rings is 1. The molecule has 1 aliphatic carbocycles. The van der Waals surface area contributed by atoms with E-state index in [-0.39, 0.29) is 18.2 Å². The monoisotopic (exact) mass is 543 g/mol. The van der Waals surface area contributed by atoms with Gasteiger partial charge in [-0.1, -0.05) is 26.6 Å². The number of hydrogen-bond acceptors (Lipinski definition) is 6. The summed E-state index contributed by atoms with van der Waals surface area (Å²) in [4.78, 5) is 22.7. The molecule has 4 aromatic rings. The molecule has 0 atom stereocenters. The van der Waals surface area contributed by atoms with E-state index in [4.69, 9.17) is 14.1 Å². The largest absolute Gasteiger partial charge is 1.00 e. The fourth-order valence-electron chi connectivity index (χ4n) is 5.10. The zero-order valence-corrected chi connectivity index (χ0v) is 23.9. The summed E-state index contributed by atoms with van der Waals surface area (Å²) in [6, 6.07) is 8.15. The molecular formula is C27H30ClN3O3S2. The zero-order valence-electron chi connectivity index (χ0n) is 21.5. The van der Waals surface area contributed by atoms with Crippen LogP contribution >= 0.6 is 21.6 Å². The highest BCUT2D eigenvalue weighted by Crippen LogP contribution is 2.47. The number of aryl methyl sites for hydroxylation is 1. The summed E-state index contributed by atoms with van der Waals surface area (Å²) in [5, 5.41) is 0. The van der Waals surface area contributed by atoms with E-state index >= 15 is 0 Å². The molecule has 3 aromatic heterocycles. The number of ether oxygens (including phenoxy) is 1. The predicted molar refractivity (Wildman–Crippen MR) is 141 cm³/mol. The topological polar surface area (TPSA) is 72.0 Å². The Morgan fingerprint density at radius 2 is 1.81 bits per heavy atom.